The summed E-state index contributed by atoms with van der Waals surface area (Å²) in [5.41, 5.74) is 2.93. The van der Waals surface area contributed by atoms with E-state index in [0.29, 0.717) is 11.6 Å². The van der Waals surface area contributed by atoms with Gasteiger partial charge in [0.25, 0.3) is 0 Å². The van der Waals surface area contributed by atoms with Crippen molar-refractivity contribution in [3.8, 4) is 0 Å². The lowest BCUT2D eigenvalue weighted by Crippen LogP contribution is -2.31. The molecule has 0 atom stereocenters. The number of nitrogens with zero attached hydrogens (tertiary/aromatic N) is 1. The van der Waals surface area contributed by atoms with Crippen LogP contribution in [0.15, 0.2) is 47.4 Å². The number of hydrogen-bond acceptors (Lipinski definition) is 3. The number of sulfonamides is 1. The standard InChI is InChI=1S/C21H26Cl2N2O2S/c22-19-9-10-21(20(23)15-19)28(26,27)24-12-5-1-2-6-13-25-14-11-17-7-3-4-8-18(17)16-25/h3-4,7-10,15,24H,1-2,5-6,11-14,16H2. The van der Waals surface area contributed by atoms with Gasteiger partial charge < -0.3 is 0 Å². The minimum atomic E-state index is -3.59. The molecule has 1 N–H and O–H groups in total. The summed E-state index contributed by atoms with van der Waals surface area (Å²) in [6.07, 6.45) is 5.18. The minimum Gasteiger partial charge on any atom is -0.299 e. The van der Waals surface area contributed by atoms with E-state index >= 15 is 0 Å². The Labute approximate surface area is 177 Å². The van der Waals surface area contributed by atoms with E-state index in [-0.39, 0.29) is 9.92 Å². The fraction of sp³-hybridized carbons (Fsp3) is 0.429. The molecule has 0 saturated carbocycles. The summed E-state index contributed by atoms with van der Waals surface area (Å²) in [5, 5.41) is 0.559. The van der Waals surface area contributed by atoms with Crippen LogP contribution in [0.3, 0.4) is 0 Å². The lowest BCUT2D eigenvalue weighted by molar-refractivity contribution is 0.248. The Morgan fingerprint density at radius 3 is 2.50 bits per heavy atom. The maximum Gasteiger partial charge on any atom is 0.242 e. The number of rotatable bonds is 9. The number of fused-ring (bicyclic) bond motifs is 1. The van der Waals surface area contributed by atoms with Crippen LogP contribution in [0.25, 0.3) is 0 Å². The number of unbranched alkanes of at least 4 members (excludes halogenated alkanes) is 3. The Hall–Kier alpha value is -1.11. The second kappa shape index (κ2) is 10.1. The molecule has 0 radical (unpaired) electrons. The van der Waals surface area contributed by atoms with E-state index in [4.69, 9.17) is 23.2 Å². The van der Waals surface area contributed by atoms with Crippen molar-refractivity contribution in [1.82, 2.24) is 9.62 Å². The molecule has 0 fully saturated rings. The van der Waals surface area contributed by atoms with Gasteiger partial charge in [-0.25, -0.2) is 13.1 Å². The maximum atomic E-state index is 12.3. The molecule has 0 amide bonds. The van der Waals surface area contributed by atoms with Crippen LogP contribution in [0.1, 0.15) is 36.8 Å². The number of nitrogens with one attached hydrogen (secondary N) is 1. The van der Waals surface area contributed by atoms with Crippen molar-refractivity contribution < 1.29 is 8.42 Å². The van der Waals surface area contributed by atoms with Gasteiger partial charge in [-0.15, -0.1) is 0 Å². The van der Waals surface area contributed by atoms with Gasteiger partial charge in [-0.3, -0.25) is 4.90 Å². The van der Waals surface area contributed by atoms with E-state index < -0.39 is 10.0 Å². The summed E-state index contributed by atoms with van der Waals surface area (Å²) in [4.78, 5) is 2.58. The highest BCUT2D eigenvalue weighted by atomic mass is 35.5. The van der Waals surface area contributed by atoms with Crippen molar-refractivity contribution in [2.75, 3.05) is 19.6 Å². The zero-order valence-corrected chi connectivity index (χ0v) is 18.2. The molecule has 0 spiro atoms. The molecule has 0 aromatic heterocycles. The topological polar surface area (TPSA) is 49.4 Å². The lowest BCUT2D eigenvalue weighted by Gasteiger charge is -2.28. The van der Waals surface area contributed by atoms with Gasteiger partial charge in [-0.05, 0) is 55.1 Å². The zero-order valence-electron chi connectivity index (χ0n) is 15.8. The van der Waals surface area contributed by atoms with Gasteiger partial charge in [0.1, 0.15) is 4.90 Å². The van der Waals surface area contributed by atoms with Crippen LogP contribution in [0.2, 0.25) is 10.0 Å². The fourth-order valence-electron chi connectivity index (χ4n) is 3.54. The largest absolute Gasteiger partial charge is 0.299 e. The second-order valence-corrected chi connectivity index (χ2v) is 9.76. The molecular formula is C21H26Cl2N2O2S. The highest BCUT2D eigenvalue weighted by Crippen LogP contribution is 2.24. The Morgan fingerprint density at radius 2 is 1.71 bits per heavy atom. The van der Waals surface area contributed by atoms with E-state index in [1.807, 2.05) is 0 Å². The summed E-state index contributed by atoms with van der Waals surface area (Å²) in [6.45, 7) is 3.68. The molecule has 7 heteroatoms. The zero-order chi connectivity index (χ0) is 20.0. The van der Waals surface area contributed by atoms with Crippen LogP contribution in [0, 0.1) is 0 Å². The van der Waals surface area contributed by atoms with Gasteiger partial charge in [0, 0.05) is 24.7 Å². The third-order valence-electron chi connectivity index (χ3n) is 5.09. The van der Waals surface area contributed by atoms with Crippen LogP contribution in [0.5, 0.6) is 0 Å². The van der Waals surface area contributed by atoms with Gasteiger partial charge in [0.2, 0.25) is 10.0 Å². The number of benzene rings is 2. The van der Waals surface area contributed by atoms with E-state index in [9.17, 15) is 8.42 Å². The summed E-state index contributed by atoms with van der Waals surface area (Å²) in [7, 11) is -3.59. The molecule has 0 saturated heterocycles. The molecule has 0 aliphatic carbocycles. The number of hydrogen-bond donors (Lipinski definition) is 1. The van der Waals surface area contributed by atoms with Crippen molar-refractivity contribution in [3.63, 3.8) is 0 Å². The molecule has 0 unspecified atom stereocenters. The highest BCUT2D eigenvalue weighted by Gasteiger charge is 2.17. The first-order valence-corrected chi connectivity index (χ1v) is 11.9. The summed E-state index contributed by atoms with van der Waals surface area (Å²) in [5.74, 6) is 0. The van der Waals surface area contributed by atoms with E-state index in [1.165, 1.54) is 29.3 Å². The molecular weight excluding hydrogens is 415 g/mol. The third-order valence-corrected chi connectivity index (χ3v) is 7.27. The highest BCUT2D eigenvalue weighted by molar-refractivity contribution is 7.89. The Kier molecular flexibility index (Phi) is 7.77. The van der Waals surface area contributed by atoms with Crippen molar-refractivity contribution >= 4 is 33.2 Å². The lowest BCUT2D eigenvalue weighted by atomic mass is 10.00. The molecule has 1 heterocycles. The summed E-state index contributed by atoms with van der Waals surface area (Å²) < 4.78 is 27.3. The monoisotopic (exact) mass is 440 g/mol. The SMILES string of the molecule is O=S(=O)(NCCCCCCN1CCc2ccccc2C1)c1ccc(Cl)cc1Cl. The Bertz CT molecular complexity index is 903. The van der Waals surface area contributed by atoms with Gasteiger partial charge in [0.15, 0.2) is 0 Å². The summed E-state index contributed by atoms with van der Waals surface area (Å²) in [6, 6.07) is 13.1. The summed E-state index contributed by atoms with van der Waals surface area (Å²) >= 11 is 11.8. The molecule has 2 aromatic rings. The van der Waals surface area contributed by atoms with Gasteiger partial charge >= 0.3 is 0 Å². The molecule has 3 rings (SSSR count). The predicted octanol–water partition coefficient (Wildman–Crippen LogP) is 4.89. The van der Waals surface area contributed by atoms with Crippen molar-refractivity contribution in [3.05, 3.63) is 63.6 Å². The second-order valence-electron chi connectivity index (χ2n) is 7.18. The fourth-order valence-corrected chi connectivity index (χ4v) is 5.38. The molecule has 1 aliphatic heterocycles. The molecule has 0 bridgehead atoms. The first kappa shape index (κ1) is 21.6. The van der Waals surface area contributed by atoms with E-state index in [2.05, 4.69) is 33.9 Å². The molecule has 4 nitrogen and oxygen atoms in total. The number of halogens is 2. The normalized spacial score (nSPS) is 14.8. The molecule has 28 heavy (non-hydrogen) atoms. The van der Waals surface area contributed by atoms with E-state index in [0.717, 1.165) is 51.7 Å². The first-order chi connectivity index (χ1) is 13.5. The minimum absolute atomic E-state index is 0.0731. The van der Waals surface area contributed by atoms with Crippen LogP contribution in [-0.2, 0) is 23.0 Å². The third kappa shape index (κ3) is 5.94. The smallest absolute Gasteiger partial charge is 0.242 e. The quantitative estimate of drug-likeness (QED) is 0.564. The van der Waals surface area contributed by atoms with Gasteiger partial charge in [-0.1, -0.05) is 60.3 Å². The van der Waals surface area contributed by atoms with Crippen molar-refractivity contribution in [2.24, 2.45) is 0 Å². The Balaban J connectivity index is 1.32. The average molecular weight is 441 g/mol. The van der Waals surface area contributed by atoms with Crippen molar-refractivity contribution in [1.29, 1.82) is 0 Å². The van der Waals surface area contributed by atoms with E-state index in [1.54, 1.807) is 0 Å². The van der Waals surface area contributed by atoms with Gasteiger partial charge in [0.05, 0.1) is 5.02 Å². The van der Waals surface area contributed by atoms with Crippen LogP contribution < -0.4 is 4.72 Å². The average Bonchev–Trinajstić information content (AvgIpc) is 2.66. The Morgan fingerprint density at radius 1 is 0.964 bits per heavy atom. The van der Waals surface area contributed by atoms with Crippen molar-refractivity contribution in [2.45, 2.75) is 43.5 Å². The van der Waals surface area contributed by atoms with Crippen LogP contribution in [-0.4, -0.2) is 33.0 Å². The van der Waals surface area contributed by atoms with Crippen LogP contribution >= 0.6 is 23.2 Å². The molecule has 2 aromatic carbocycles. The molecule has 152 valence electrons. The maximum absolute atomic E-state index is 12.3. The van der Waals surface area contributed by atoms with Gasteiger partial charge in [-0.2, -0.15) is 0 Å². The predicted molar refractivity (Wildman–Crippen MR) is 116 cm³/mol. The molecule has 1 aliphatic rings. The van der Waals surface area contributed by atoms with Crippen LogP contribution in [0.4, 0.5) is 0 Å². The first-order valence-electron chi connectivity index (χ1n) is 9.69.